The number of carbonyl (C=O) groups excluding carboxylic acids is 2. The summed E-state index contributed by atoms with van der Waals surface area (Å²) in [5.41, 5.74) is 0.352. The highest BCUT2D eigenvalue weighted by Gasteiger charge is 2.24. The summed E-state index contributed by atoms with van der Waals surface area (Å²) in [4.78, 5) is 23.5. The van der Waals surface area contributed by atoms with Crippen molar-refractivity contribution in [3.05, 3.63) is 28.8 Å². The SMILES string of the molecule is CCC(O)(CC)CNC(=O)C(=O)Nc1ccc(C)c(Cl)c1. The number of anilines is 1. The lowest BCUT2D eigenvalue weighted by Crippen LogP contribution is -2.45. The lowest BCUT2D eigenvalue weighted by Gasteiger charge is -2.25. The van der Waals surface area contributed by atoms with Crippen molar-refractivity contribution in [1.29, 1.82) is 0 Å². The van der Waals surface area contributed by atoms with Gasteiger partial charge < -0.3 is 15.7 Å². The Balaban J connectivity index is 2.59. The van der Waals surface area contributed by atoms with E-state index in [1.54, 1.807) is 18.2 Å². The number of carbonyl (C=O) groups is 2. The molecular weight excluding hydrogens is 292 g/mol. The minimum Gasteiger partial charge on any atom is -0.388 e. The van der Waals surface area contributed by atoms with Gasteiger partial charge in [0.25, 0.3) is 0 Å². The molecule has 0 radical (unpaired) electrons. The molecule has 21 heavy (non-hydrogen) atoms. The molecule has 0 heterocycles. The van der Waals surface area contributed by atoms with E-state index in [4.69, 9.17) is 11.6 Å². The maximum atomic E-state index is 11.8. The average Bonchev–Trinajstić information content (AvgIpc) is 2.48. The topological polar surface area (TPSA) is 78.4 Å². The fraction of sp³-hybridized carbons (Fsp3) is 0.467. The molecule has 1 rings (SSSR count). The number of rotatable bonds is 5. The van der Waals surface area contributed by atoms with Gasteiger partial charge >= 0.3 is 11.8 Å². The lowest BCUT2D eigenvalue weighted by atomic mass is 9.98. The van der Waals surface area contributed by atoms with Crippen molar-refractivity contribution >= 4 is 29.1 Å². The van der Waals surface area contributed by atoms with Gasteiger partial charge in [-0.1, -0.05) is 31.5 Å². The second kappa shape index (κ2) is 7.43. The Labute approximate surface area is 129 Å². The van der Waals surface area contributed by atoms with E-state index in [0.717, 1.165) is 5.56 Å². The quantitative estimate of drug-likeness (QED) is 0.730. The van der Waals surface area contributed by atoms with Gasteiger partial charge in [0.15, 0.2) is 0 Å². The van der Waals surface area contributed by atoms with Crippen LogP contribution in [0.5, 0.6) is 0 Å². The van der Waals surface area contributed by atoms with E-state index >= 15 is 0 Å². The predicted molar refractivity (Wildman–Crippen MR) is 83.4 cm³/mol. The Morgan fingerprint density at radius 1 is 1.24 bits per heavy atom. The fourth-order valence-corrected chi connectivity index (χ4v) is 1.86. The zero-order chi connectivity index (χ0) is 16.0. The molecule has 2 amide bonds. The number of aryl methyl sites for hydroxylation is 1. The molecule has 1 aromatic rings. The molecule has 0 aromatic heterocycles. The van der Waals surface area contributed by atoms with Gasteiger partial charge in [-0.2, -0.15) is 0 Å². The first kappa shape index (κ1) is 17.5. The number of halogens is 1. The molecular formula is C15H21ClN2O3. The monoisotopic (exact) mass is 312 g/mol. The van der Waals surface area contributed by atoms with Crippen LogP contribution >= 0.6 is 11.6 Å². The van der Waals surface area contributed by atoms with Gasteiger partial charge in [-0.25, -0.2) is 0 Å². The van der Waals surface area contributed by atoms with E-state index in [1.807, 2.05) is 20.8 Å². The summed E-state index contributed by atoms with van der Waals surface area (Å²) in [6.45, 7) is 5.53. The van der Waals surface area contributed by atoms with Gasteiger partial charge in [-0.15, -0.1) is 0 Å². The predicted octanol–water partition coefficient (Wildman–Crippen LogP) is 2.25. The van der Waals surface area contributed by atoms with Crippen molar-refractivity contribution in [1.82, 2.24) is 5.32 Å². The third-order valence-electron chi connectivity index (χ3n) is 3.53. The number of aliphatic hydroxyl groups is 1. The first-order chi connectivity index (χ1) is 9.81. The van der Waals surface area contributed by atoms with Crippen molar-refractivity contribution < 1.29 is 14.7 Å². The van der Waals surface area contributed by atoms with Crippen LogP contribution in [-0.4, -0.2) is 29.1 Å². The molecule has 0 aliphatic rings. The van der Waals surface area contributed by atoms with E-state index in [9.17, 15) is 14.7 Å². The molecule has 0 aliphatic heterocycles. The Morgan fingerprint density at radius 3 is 2.38 bits per heavy atom. The minimum atomic E-state index is -0.983. The molecule has 0 spiro atoms. The summed E-state index contributed by atoms with van der Waals surface area (Å²) >= 11 is 5.95. The van der Waals surface area contributed by atoms with E-state index in [-0.39, 0.29) is 6.54 Å². The van der Waals surface area contributed by atoms with E-state index in [1.165, 1.54) is 0 Å². The van der Waals surface area contributed by atoms with Gasteiger partial charge in [0.2, 0.25) is 0 Å². The maximum Gasteiger partial charge on any atom is 0.313 e. The summed E-state index contributed by atoms with van der Waals surface area (Å²) < 4.78 is 0. The third kappa shape index (κ3) is 5.02. The highest BCUT2D eigenvalue weighted by atomic mass is 35.5. The Bertz CT molecular complexity index is 528. The summed E-state index contributed by atoms with van der Waals surface area (Å²) in [5.74, 6) is -1.57. The highest BCUT2D eigenvalue weighted by molar-refractivity contribution is 6.39. The molecule has 116 valence electrons. The van der Waals surface area contributed by atoms with Crippen molar-refractivity contribution in [2.45, 2.75) is 39.2 Å². The standard InChI is InChI=1S/C15H21ClN2O3/c1-4-15(21,5-2)9-17-13(19)14(20)18-11-7-6-10(3)12(16)8-11/h6-8,21H,4-5,9H2,1-3H3,(H,17,19)(H,18,20). The zero-order valence-electron chi connectivity index (χ0n) is 12.5. The molecule has 0 saturated heterocycles. The summed E-state index contributed by atoms with van der Waals surface area (Å²) in [7, 11) is 0. The number of hydrogen-bond acceptors (Lipinski definition) is 3. The maximum absolute atomic E-state index is 11.8. The first-order valence-electron chi connectivity index (χ1n) is 6.89. The number of hydrogen-bond donors (Lipinski definition) is 3. The molecule has 0 saturated carbocycles. The van der Waals surface area contributed by atoms with Crippen LogP contribution in [0.4, 0.5) is 5.69 Å². The van der Waals surface area contributed by atoms with Gasteiger partial charge in [0.05, 0.1) is 5.60 Å². The van der Waals surface area contributed by atoms with Crippen molar-refractivity contribution in [3.63, 3.8) is 0 Å². The van der Waals surface area contributed by atoms with Crippen LogP contribution < -0.4 is 10.6 Å². The number of amides is 2. The number of nitrogens with one attached hydrogen (secondary N) is 2. The van der Waals surface area contributed by atoms with Crippen LogP contribution in [0.2, 0.25) is 5.02 Å². The molecule has 0 bridgehead atoms. The third-order valence-corrected chi connectivity index (χ3v) is 3.94. The van der Waals surface area contributed by atoms with Crippen LogP contribution in [0.15, 0.2) is 18.2 Å². The lowest BCUT2D eigenvalue weighted by molar-refractivity contribution is -0.136. The normalized spacial score (nSPS) is 11.1. The van der Waals surface area contributed by atoms with E-state index in [0.29, 0.717) is 23.6 Å². The summed E-state index contributed by atoms with van der Waals surface area (Å²) in [6, 6.07) is 5.00. The van der Waals surface area contributed by atoms with Crippen LogP contribution in [0, 0.1) is 6.92 Å². The fourth-order valence-electron chi connectivity index (χ4n) is 1.68. The highest BCUT2D eigenvalue weighted by Crippen LogP contribution is 2.19. The Morgan fingerprint density at radius 2 is 1.86 bits per heavy atom. The van der Waals surface area contributed by atoms with Gasteiger partial charge in [0, 0.05) is 17.3 Å². The van der Waals surface area contributed by atoms with Crippen molar-refractivity contribution in [2.75, 3.05) is 11.9 Å². The largest absolute Gasteiger partial charge is 0.388 e. The minimum absolute atomic E-state index is 0.0426. The van der Waals surface area contributed by atoms with Crippen LogP contribution in [-0.2, 0) is 9.59 Å². The first-order valence-corrected chi connectivity index (χ1v) is 7.27. The smallest absolute Gasteiger partial charge is 0.313 e. The van der Waals surface area contributed by atoms with Crippen LogP contribution in [0.1, 0.15) is 32.3 Å². The number of benzene rings is 1. The molecule has 0 atom stereocenters. The molecule has 1 aromatic carbocycles. The summed E-state index contributed by atoms with van der Waals surface area (Å²) in [6.07, 6.45) is 0.998. The van der Waals surface area contributed by atoms with Crippen molar-refractivity contribution in [2.24, 2.45) is 0 Å². The van der Waals surface area contributed by atoms with Crippen LogP contribution in [0.25, 0.3) is 0 Å². The molecule has 0 fully saturated rings. The van der Waals surface area contributed by atoms with Gasteiger partial charge in [-0.05, 0) is 37.5 Å². The molecule has 0 unspecified atom stereocenters. The van der Waals surface area contributed by atoms with Crippen LogP contribution in [0.3, 0.4) is 0 Å². The molecule has 5 nitrogen and oxygen atoms in total. The van der Waals surface area contributed by atoms with E-state index in [2.05, 4.69) is 10.6 Å². The van der Waals surface area contributed by atoms with Gasteiger partial charge in [-0.3, -0.25) is 9.59 Å². The second-order valence-electron chi connectivity index (χ2n) is 5.03. The van der Waals surface area contributed by atoms with E-state index < -0.39 is 17.4 Å². The van der Waals surface area contributed by atoms with Crippen molar-refractivity contribution in [3.8, 4) is 0 Å². The summed E-state index contributed by atoms with van der Waals surface area (Å²) in [5, 5.41) is 15.5. The molecule has 6 heteroatoms. The van der Waals surface area contributed by atoms with Gasteiger partial charge in [0.1, 0.15) is 0 Å². The Hall–Kier alpha value is -1.59. The zero-order valence-corrected chi connectivity index (χ0v) is 13.3. The second-order valence-corrected chi connectivity index (χ2v) is 5.44. The molecule has 3 N–H and O–H groups in total. The average molecular weight is 313 g/mol. The molecule has 0 aliphatic carbocycles. The Kier molecular flexibility index (Phi) is 6.18.